The van der Waals surface area contributed by atoms with Crippen LogP contribution in [0.4, 0.5) is 5.69 Å². The Labute approximate surface area is 162 Å². The van der Waals surface area contributed by atoms with E-state index < -0.39 is 12.1 Å². The van der Waals surface area contributed by atoms with Crippen LogP contribution in [0.15, 0.2) is 59.0 Å². The number of hydrogen-bond donors (Lipinski definition) is 1. The number of Topliss-reactive ketones (excluding diaryl/α,β-unsaturated/α-hetero) is 1. The predicted molar refractivity (Wildman–Crippen MR) is 105 cm³/mol. The molecule has 0 radical (unpaired) electrons. The molecule has 1 amide bonds. The van der Waals surface area contributed by atoms with E-state index in [-0.39, 0.29) is 17.5 Å². The first-order valence-electron chi connectivity index (χ1n) is 9.11. The van der Waals surface area contributed by atoms with Gasteiger partial charge in [-0.2, -0.15) is 0 Å². The lowest BCUT2D eigenvalue weighted by Gasteiger charge is -2.12. The number of furan rings is 1. The largest absolute Gasteiger partial charge is 0.449 e. The molecule has 1 atom stereocenters. The first-order chi connectivity index (χ1) is 13.5. The zero-order valence-corrected chi connectivity index (χ0v) is 15.7. The van der Waals surface area contributed by atoms with Crippen molar-refractivity contribution < 1.29 is 23.5 Å². The number of amides is 1. The van der Waals surface area contributed by atoms with E-state index in [9.17, 15) is 14.4 Å². The molecule has 0 aliphatic rings. The van der Waals surface area contributed by atoms with E-state index in [1.807, 2.05) is 19.1 Å². The molecule has 0 aliphatic heterocycles. The molecular formula is C22H21NO5. The second-order valence-corrected chi connectivity index (χ2v) is 6.44. The number of para-hydroxylation sites is 1. The van der Waals surface area contributed by atoms with Crippen molar-refractivity contribution in [3.8, 4) is 0 Å². The van der Waals surface area contributed by atoms with Gasteiger partial charge in [-0.1, -0.05) is 25.1 Å². The zero-order valence-electron chi connectivity index (χ0n) is 15.7. The summed E-state index contributed by atoms with van der Waals surface area (Å²) in [5, 5.41) is 3.54. The third kappa shape index (κ3) is 4.46. The van der Waals surface area contributed by atoms with Crippen molar-refractivity contribution in [2.24, 2.45) is 0 Å². The molecule has 28 heavy (non-hydrogen) atoms. The molecule has 0 spiro atoms. The van der Waals surface area contributed by atoms with E-state index in [1.165, 1.54) is 6.92 Å². The summed E-state index contributed by atoms with van der Waals surface area (Å²) in [5.41, 5.74) is 1.58. The Morgan fingerprint density at radius 1 is 1.07 bits per heavy atom. The zero-order chi connectivity index (χ0) is 20.1. The van der Waals surface area contributed by atoms with E-state index in [2.05, 4.69) is 5.32 Å². The monoisotopic (exact) mass is 379 g/mol. The minimum atomic E-state index is -0.971. The molecule has 144 valence electrons. The lowest BCUT2D eigenvalue weighted by molar-refractivity contribution is -0.116. The fourth-order valence-corrected chi connectivity index (χ4v) is 2.76. The summed E-state index contributed by atoms with van der Waals surface area (Å²) in [6, 6.07) is 15.3. The smallest absolute Gasteiger partial charge is 0.374 e. The number of nitrogens with one attached hydrogen (secondary N) is 1. The lowest BCUT2D eigenvalue weighted by atomic mass is 10.1. The van der Waals surface area contributed by atoms with Crippen LogP contribution in [0.25, 0.3) is 11.0 Å². The van der Waals surface area contributed by atoms with E-state index in [0.717, 1.165) is 11.8 Å². The van der Waals surface area contributed by atoms with Gasteiger partial charge in [-0.05, 0) is 49.7 Å². The number of ether oxygens (including phenoxy) is 1. The van der Waals surface area contributed by atoms with E-state index >= 15 is 0 Å². The number of fused-ring (bicyclic) bond motifs is 1. The minimum absolute atomic E-state index is 0.0508. The van der Waals surface area contributed by atoms with Gasteiger partial charge in [0, 0.05) is 23.1 Å². The number of carbonyl (C=O) groups excluding carboxylic acids is 3. The molecule has 1 aromatic heterocycles. The topological polar surface area (TPSA) is 85.6 Å². The Balaban J connectivity index is 1.63. The standard InChI is InChI=1S/C22H21NO5/c1-3-6-20(24)23-17-11-9-15(10-12-17)21(25)14(2)27-22(26)19-13-16-7-4-5-8-18(16)28-19/h4-5,7-14H,3,6H2,1-2H3,(H,23,24). The van der Waals surface area contributed by atoms with Crippen molar-refractivity contribution in [1.82, 2.24) is 0 Å². The predicted octanol–water partition coefficient (Wildman–Crippen LogP) is 4.60. The van der Waals surface area contributed by atoms with Gasteiger partial charge in [-0.15, -0.1) is 0 Å². The van der Waals surface area contributed by atoms with E-state index in [1.54, 1.807) is 42.5 Å². The highest BCUT2D eigenvalue weighted by Gasteiger charge is 2.22. The van der Waals surface area contributed by atoms with Gasteiger partial charge in [0.2, 0.25) is 17.5 Å². The van der Waals surface area contributed by atoms with Crippen molar-refractivity contribution in [3.63, 3.8) is 0 Å². The second-order valence-electron chi connectivity index (χ2n) is 6.44. The van der Waals surface area contributed by atoms with Crippen LogP contribution < -0.4 is 5.32 Å². The van der Waals surface area contributed by atoms with Crippen LogP contribution in [0.3, 0.4) is 0 Å². The highest BCUT2D eigenvalue weighted by molar-refractivity contribution is 6.02. The van der Waals surface area contributed by atoms with Crippen LogP contribution in [0.2, 0.25) is 0 Å². The molecule has 0 aliphatic carbocycles. The molecule has 2 aromatic carbocycles. The Morgan fingerprint density at radius 3 is 2.46 bits per heavy atom. The summed E-state index contributed by atoms with van der Waals surface area (Å²) < 4.78 is 10.7. The summed E-state index contributed by atoms with van der Waals surface area (Å²) in [4.78, 5) is 36.4. The Kier molecular flexibility index (Phi) is 5.89. The van der Waals surface area contributed by atoms with Gasteiger partial charge in [-0.25, -0.2) is 4.79 Å². The quantitative estimate of drug-likeness (QED) is 0.479. The summed E-state index contributed by atoms with van der Waals surface area (Å²) in [5.74, 6) is -1.05. The van der Waals surface area contributed by atoms with E-state index in [4.69, 9.17) is 9.15 Å². The highest BCUT2D eigenvalue weighted by atomic mass is 16.6. The van der Waals surface area contributed by atoms with Gasteiger partial charge in [0.1, 0.15) is 5.58 Å². The van der Waals surface area contributed by atoms with Crippen LogP contribution in [0, 0.1) is 0 Å². The van der Waals surface area contributed by atoms with Crippen molar-refractivity contribution >= 4 is 34.3 Å². The lowest BCUT2D eigenvalue weighted by Crippen LogP contribution is -2.24. The van der Waals surface area contributed by atoms with Gasteiger partial charge in [0.25, 0.3) is 0 Å². The number of hydrogen-bond acceptors (Lipinski definition) is 5. The van der Waals surface area contributed by atoms with Crippen LogP contribution in [0.5, 0.6) is 0 Å². The Bertz CT molecular complexity index is 970. The first-order valence-corrected chi connectivity index (χ1v) is 9.11. The average molecular weight is 379 g/mol. The third-order valence-electron chi connectivity index (χ3n) is 4.21. The maximum absolute atomic E-state index is 12.5. The van der Waals surface area contributed by atoms with Gasteiger partial charge in [0.15, 0.2) is 6.10 Å². The van der Waals surface area contributed by atoms with Crippen LogP contribution in [-0.2, 0) is 9.53 Å². The van der Waals surface area contributed by atoms with Crippen molar-refractivity contribution in [2.45, 2.75) is 32.8 Å². The summed E-state index contributed by atoms with van der Waals surface area (Å²) in [7, 11) is 0. The molecule has 0 saturated heterocycles. The van der Waals surface area contributed by atoms with Crippen molar-refractivity contribution in [1.29, 1.82) is 0 Å². The van der Waals surface area contributed by atoms with Gasteiger partial charge >= 0.3 is 5.97 Å². The average Bonchev–Trinajstić information content (AvgIpc) is 3.12. The number of rotatable bonds is 7. The van der Waals surface area contributed by atoms with Crippen LogP contribution in [-0.4, -0.2) is 23.8 Å². The summed E-state index contributed by atoms with van der Waals surface area (Å²) >= 11 is 0. The second kappa shape index (κ2) is 8.52. The molecule has 3 rings (SSSR count). The molecule has 0 saturated carbocycles. The van der Waals surface area contributed by atoms with Gasteiger partial charge in [0.05, 0.1) is 0 Å². The molecule has 0 bridgehead atoms. The number of carbonyl (C=O) groups is 3. The molecule has 1 unspecified atom stereocenters. The number of benzene rings is 2. The number of anilines is 1. The van der Waals surface area contributed by atoms with Gasteiger partial charge in [-0.3, -0.25) is 9.59 Å². The third-order valence-corrected chi connectivity index (χ3v) is 4.21. The Hall–Kier alpha value is -3.41. The normalized spacial score (nSPS) is 11.8. The molecule has 1 heterocycles. The number of esters is 1. The number of ketones is 1. The SMILES string of the molecule is CCCC(=O)Nc1ccc(C(=O)C(C)OC(=O)c2cc3ccccc3o2)cc1. The first kappa shape index (κ1) is 19.4. The van der Waals surface area contributed by atoms with Crippen molar-refractivity contribution in [3.05, 3.63) is 65.9 Å². The summed E-state index contributed by atoms with van der Waals surface area (Å²) in [6.07, 6.45) is 0.229. The van der Waals surface area contributed by atoms with Crippen molar-refractivity contribution in [2.75, 3.05) is 5.32 Å². The summed E-state index contributed by atoms with van der Waals surface area (Å²) in [6.45, 7) is 3.44. The fraction of sp³-hybridized carbons (Fsp3) is 0.227. The van der Waals surface area contributed by atoms with Crippen LogP contribution >= 0.6 is 0 Å². The molecule has 6 heteroatoms. The molecule has 3 aromatic rings. The van der Waals surface area contributed by atoms with E-state index in [0.29, 0.717) is 23.3 Å². The highest BCUT2D eigenvalue weighted by Crippen LogP contribution is 2.20. The molecule has 1 N–H and O–H groups in total. The van der Waals surface area contributed by atoms with Crippen LogP contribution in [0.1, 0.15) is 47.6 Å². The maximum atomic E-state index is 12.5. The maximum Gasteiger partial charge on any atom is 0.374 e. The molecular weight excluding hydrogens is 358 g/mol. The molecule has 6 nitrogen and oxygen atoms in total. The molecule has 0 fully saturated rings. The fourth-order valence-electron chi connectivity index (χ4n) is 2.76. The Morgan fingerprint density at radius 2 is 1.79 bits per heavy atom. The minimum Gasteiger partial charge on any atom is -0.449 e. The van der Waals surface area contributed by atoms with Gasteiger partial charge < -0.3 is 14.5 Å².